The van der Waals surface area contributed by atoms with Crippen LogP contribution in [0.25, 0.3) is 0 Å². The molecule has 0 atom stereocenters. The number of hydrogen-bond acceptors (Lipinski definition) is 3. The van der Waals surface area contributed by atoms with E-state index in [9.17, 15) is 4.79 Å². The number of aliphatic carboxylic acids is 1. The smallest absolute Gasteiger partial charge is 0.333 e. The third kappa shape index (κ3) is 3.13. The normalized spacial score (nSPS) is 9.85. The standard InChI is InChI=1S/C9H10O4/c1-7(9(10)11)5-12-6-8-3-2-4-13-8/h2-4H,1,5-6H2,(H,10,11). The maximum atomic E-state index is 10.3. The van der Waals surface area contributed by atoms with Gasteiger partial charge in [-0.1, -0.05) is 6.58 Å². The van der Waals surface area contributed by atoms with Gasteiger partial charge in [-0.05, 0) is 12.1 Å². The van der Waals surface area contributed by atoms with Crippen LogP contribution in [-0.2, 0) is 16.1 Å². The Morgan fingerprint density at radius 3 is 3.00 bits per heavy atom. The molecule has 0 spiro atoms. The van der Waals surface area contributed by atoms with E-state index in [-0.39, 0.29) is 18.8 Å². The zero-order valence-corrected chi connectivity index (χ0v) is 7.03. The van der Waals surface area contributed by atoms with E-state index >= 15 is 0 Å². The maximum absolute atomic E-state index is 10.3. The summed E-state index contributed by atoms with van der Waals surface area (Å²) in [4.78, 5) is 10.3. The van der Waals surface area contributed by atoms with Gasteiger partial charge in [-0.25, -0.2) is 4.79 Å². The van der Waals surface area contributed by atoms with Crippen molar-refractivity contribution in [1.29, 1.82) is 0 Å². The summed E-state index contributed by atoms with van der Waals surface area (Å²) in [6, 6.07) is 3.49. The Hall–Kier alpha value is -1.55. The van der Waals surface area contributed by atoms with Gasteiger partial charge in [-0.2, -0.15) is 0 Å². The predicted molar refractivity (Wildman–Crippen MR) is 45.1 cm³/mol. The van der Waals surface area contributed by atoms with E-state index in [0.717, 1.165) is 0 Å². The number of hydrogen-bond donors (Lipinski definition) is 1. The Kier molecular flexibility index (Phi) is 3.28. The van der Waals surface area contributed by atoms with E-state index in [1.54, 1.807) is 12.1 Å². The molecule has 0 bridgehead atoms. The largest absolute Gasteiger partial charge is 0.478 e. The highest BCUT2D eigenvalue weighted by Gasteiger charge is 2.03. The molecule has 1 N–H and O–H groups in total. The molecule has 1 aromatic heterocycles. The summed E-state index contributed by atoms with van der Waals surface area (Å²) in [7, 11) is 0. The van der Waals surface area contributed by atoms with Gasteiger partial charge in [0, 0.05) is 0 Å². The van der Waals surface area contributed by atoms with Crippen molar-refractivity contribution in [2.45, 2.75) is 6.61 Å². The molecule has 0 aliphatic carbocycles. The fraction of sp³-hybridized carbons (Fsp3) is 0.222. The molecule has 0 saturated carbocycles. The summed E-state index contributed by atoms with van der Waals surface area (Å²) in [6.07, 6.45) is 1.53. The highest BCUT2D eigenvalue weighted by molar-refractivity contribution is 5.85. The minimum absolute atomic E-state index is 0.00995. The first-order valence-electron chi connectivity index (χ1n) is 3.71. The van der Waals surface area contributed by atoms with Gasteiger partial charge < -0.3 is 14.3 Å². The molecule has 0 aliphatic rings. The number of carbonyl (C=O) groups is 1. The Morgan fingerprint density at radius 2 is 2.46 bits per heavy atom. The van der Waals surface area contributed by atoms with E-state index in [2.05, 4.69) is 6.58 Å². The number of carboxylic acids is 1. The quantitative estimate of drug-likeness (QED) is 0.700. The van der Waals surface area contributed by atoms with Crippen LogP contribution in [0.1, 0.15) is 5.76 Å². The molecule has 4 heteroatoms. The van der Waals surface area contributed by atoms with E-state index in [4.69, 9.17) is 14.3 Å². The van der Waals surface area contributed by atoms with Gasteiger partial charge in [0.1, 0.15) is 12.4 Å². The molecule has 1 rings (SSSR count). The predicted octanol–water partition coefficient (Wildman–Crippen LogP) is 1.44. The molecule has 0 saturated heterocycles. The summed E-state index contributed by atoms with van der Waals surface area (Å²) >= 11 is 0. The lowest BCUT2D eigenvalue weighted by molar-refractivity contribution is -0.133. The monoisotopic (exact) mass is 182 g/mol. The minimum Gasteiger partial charge on any atom is -0.478 e. The van der Waals surface area contributed by atoms with Crippen molar-refractivity contribution in [2.24, 2.45) is 0 Å². The number of ether oxygens (including phenoxy) is 1. The van der Waals surface area contributed by atoms with Crippen molar-refractivity contribution in [2.75, 3.05) is 6.61 Å². The second-order valence-corrected chi connectivity index (χ2v) is 2.48. The topological polar surface area (TPSA) is 59.7 Å². The fourth-order valence-corrected chi connectivity index (χ4v) is 0.731. The summed E-state index contributed by atoms with van der Waals surface area (Å²) in [5.41, 5.74) is 0.0338. The zero-order chi connectivity index (χ0) is 9.68. The lowest BCUT2D eigenvalue weighted by Crippen LogP contribution is -2.06. The molecular formula is C9H10O4. The third-order valence-corrected chi connectivity index (χ3v) is 1.40. The van der Waals surface area contributed by atoms with Crippen molar-refractivity contribution in [3.05, 3.63) is 36.3 Å². The molecule has 0 amide bonds. The van der Waals surface area contributed by atoms with Crippen molar-refractivity contribution >= 4 is 5.97 Å². The molecule has 0 radical (unpaired) electrons. The lowest BCUT2D eigenvalue weighted by Gasteiger charge is -2.00. The van der Waals surface area contributed by atoms with Crippen LogP contribution in [0.5, 0.6) is 0 Å². The van der Waals surface area contributed by atoms with Crippen molar-refractivity contribution in [1.82, 2.24) is 0 Å². The Labute approximate surface area is 75.4 Å². The number of carboxylic acid groups (broad SMARTS) is 1. The molecular weight excluding hydrogens is 172 g/mol. The van der Waals surface area contributed by atoms with E-state index in [1.165, 1.54) is 6.26 Å². The van der Waals surface area contributed by atoms with Crippen molar-refractivity contribution in [3.8, 4) is 0 Å². The van der Waals surface area contributed by atoms with Gasteiger partial charge in [0.15, 0.2) is 0 Å². The molecule has 0 unspecified atom stereocenters. The summed E-state index contributed by atoms with van der Waals surface area (Å²) in [6.45, 7) is 3.59. The molecule has 13 heavy (non-hydrogen) atoms. The Morgan fingerprint density at radius 1 is 1.69 bits per heavy atom. The number of furan rings is 1. The first kappa shape index (κ1) is 9.54. The van der Waals surface area contributed by atoms with Crippen LogP contribution in [0.3, 0.4) is 0 Å². The van der Waals surface area contributed by atoms with Crippen molar-refractivity contribution < 1.29 is 19.1 Å². The highest BCUT2D eigenvalue weighted by Crippen LogP contribution is 2.02. The summed E-state index contributed by atoms with van der Waals surface area (Å²) < 4.78 is 10.0. The molecule has 4 nitrogen and oxygen atoms in total. The van der Waals surface area contributed by atoms with Crippen LogP contribution in [0.15, 0.2) is 35.0 Å². The van der Waals surface area contributed by atoms with E-state index < -0.39 is 5.97 Å². The lowest BCUT2D eigenvalue weighted by atomic mass is 10.3. The maximum Gasteiger partial charge on any atom is 0.333 e. The average molecular weight is 182 g/mol. The Bertz CT molecular complexity index is 287. The number of rotatable bonds is 5. The van der Waals surface area contributed by atoms with Gasteiger partial charge in [-0.15, -0.1) is 0 Å². The van der Waals surface area contributed by atoms with Gasteiger partial charge in [0.05, 0.1) is 18.4 Å². The van der Waals surface area contributed by atoms with Gasteiger partial charge in [0.2, 0.25) is 0 Å². The minimum atomic E-state index is -1.04. The highest BCUT2D eigenvalue weighted by atomic mass is 16.5. The van der Waals surface area contributed by atoms with E-state index in [1.807, 2.05) is 0 Å². The second-order valence-electron chi connectivity index (χ2n) is 2.48. The molecule has 0 fully saturated rings. The summed E-state index contributed by atoms with van der Waals surface area (Å²) in [5.74, 6) is -0.377. The first-order valence-corrected chi connectivity index (χ1v) is 3.71. The van der Waals surface area contributed by atoms with Crippen molar-refractivity contribution in [3.63, 3.8) is 0 Å². The average Bonchev–Trinajstić information content (AvgIpc) is 2.56. The zero-order valence-electron chi connectivity index (χ0n) is 7.03. The van der Waals surface area contributed by atoms with Crippen LogP contribution in [0.2, 0.25) is 0 Å². The third-order valence-electron chi connectivity index (χ3n) is 1.40. The van der Waals surface area contributed by atoms with Gasteiger partial charge in [-0.3, -0.25) is 0 Å². The second kappa shape index (κ2) is 4.47. The molecule has 0 aliphatic heterocycles. The van der Waals surface area contributed by atoms with Gasteiger partial charge >= 0.3 is 5.97 Å². The van der Waals surface area contributed by atoms with E-state index in [0.29, 0.717) is 5.76 Å². The first-order chi connectivity index (χ1) is 6.20. The summed E-state index contributed by atoms with van der Waals surface area (Å²) in [5, 5.41) is 8.44. The fourth-order valence-electron chi connectivity index (χ4n) is 0.731. The van der Waals surface area contributed by atoms with Crippen LogP contribution >= 0.6 is 0 Å². The van der Waals surface area contributed by atoms with Crippen LogP contribution in [0.4, 0.5) is 0 Å². The van der Waals surface area contributed by atoms with Gasteiger partial charge in [0.25, 0.3) is 0 Å². The SMILES string of the molecule is C=C(COCc1ccco1)C(=O)O. The molecule has 1 heterocycles. The Balaban J connectivity index is 2.22. The van der Waals surface area contributed by atoms with Crippen LogP contribution in [0, 0.1) is 0 Å². The molecule has 70 valence electrons. The van der Waals surface area contributed by atoms with Crippen LogP contribution in [-0.4, -0.2) is 17.7 Å². The molecule has 1 aromatic rings. The molecule has 0 aromatic carbocycles. The van der Waals surface area contributed by atoms with Crippen LogP contribution < -0.4 is 0 Å².